The predicted octanol–water partition coefficient (Wildman–Crippen LogP) is 4.24. The number of benzene rings is 2. The lowest BCUT2D eigenvalue weighted by atomic mass is 10.1. The molecule has 1 amide bonds. The van der Waals surface area contributed by atoms with Gasteiger partial charge in [-0.05, 0) is 54.4 Å². The van der Waals surface area contributed by atoms with Crippen LogP contribution >= 0.6 is 15.9 Å². The van der Waals surface area contributed by atoms with Crippen molar-refractivity contribution in [2.75, 3.05) is 6.61 Å². The maximum atomic E-state index is 12.1. The Labute approximate surface area is 177 Å². The Balaban J connectivity index is 2.10. The van der Waals surface area contributed by atoms with E-state index in [1.165, 1.54) is 12.3 Å². The van der Waals surface area contributed by atoms with E-state index in [0.717, 1.165) is 0 Å². The minimum absolute atomic E-state index is 0.0219. The molecule has 0 bridgehead atoms. The second-order valence-electron chi connectivity index (χ2n) is 6.29. The molecule has 0 saturated carbocycles. The average Bonchev–Trinajstić information content (AvgIpc) is 2.65. The number of halogens is 1. The van der Waals surface area contributed by atoms with E-state index in [2.05, 4.69) is 26.5 Å². The van der Waals surface area contributed by atoms with E-state index < -0.39 is 10.8 Å². The van der Waals surface area contributed by atoms with Crippen LogP contribution in [0, 0.1) is 10.1 Å². The Morgan fingerprint density at radius 2 is 2.07 bits per heavy atom. The first kappa shape index (κ1) is 22.4. The molecule has 0 aliphatic heterocycles. The number of amides is 1. The van der Waals surface area contributed by atoms with Crippen LogP contribution < -0.4 is 14.9 Å². The third kappa shape index (κ3) is 6.56. The molecule has 0 radical (unpaired) electrons. The zero-order chi connectivity index (χ0) is 21.4. The Morgan fingerprint density at radius 3 is 2.72 bits per heavy atom. The highest BCUT2D eigenvalue weighted by Crippen LogP contribution is 2.37. The molecule has 9 heteroatoms. The molecular weight excluding hydrogens is 442 g/mol. The van der Waals surface area contributed by atoms with Gasteiger partial charge >= 0.3 is 0 Å². The highest BCUT2D eigenvalue weighted by atomic mass is 79.9. The monoisotopic (exact) mass is 463 g/mol. The second-order valence-corrected chi connectivity index (χ2v) is 7.14. The first-order chi connectivity index (χ1) is 13.8. The first-order valence-corrected chi connectivity index (χ1v) is 9.78. The van der Waals surface area contributed by atoms with E-state index in [9.17, 15) is 14.9 Å². The summed E-state index contributed by atoms with van der Waals surface area (Å²) < 4.78 is 12.1. The molecule has 0 unspecified atom stereocenters. The summed E-state index contributed by atoms with van der Waals surface area (Å²) in [6.07, 6.45) is 1.29. The van der Waals surface area contributed by atoms with Crippen LogP contribution in [0.25, 0.3) is 0 Å². The van der Waals surface area contributed by atoms with Crippen molar-refractivity contribution in [3.63, 3.8) is 0 Å². The van der Waals surface area contributed by atoms with Crippen molar-refractivity contribution in [3.8, 4) is 11.5 Å². The van der Waals surface area contributed by atoms with Gasteiger partial charge in [0.15, 0.2) is 11.5 Å². The second kappa shape index (κ2) is 10.6. The molecule has 0 spiro atoms. The molecule has 2 rings (SSSR count). The maximum absolute atomic E-state index is 12.1. The van der Waals surface area contributed by atoms with Gasteiger partial charge in [0.1, 0.15) is 0 Å². The fourth-order valence-corrected chi connectivity index (χ4v) is 3.06. The van der Waals surface area contributed by atoms with Gasteiger partial charge in [0.2, 0.25) is 5.91 Å². The average molecular weight is 464 g/mol. The van der Waals surface area contributed by atoms with Crippen LogP contribution in [0.1, 0.15) is 31.9 Å². The van der Waals surface area contributed by atoms with Gasteiger partial charge in [0, 0.05) is 11.6 Å². The van der Waals surface area contributed by atoms with Gasteiger partial charge in [-0.15, -0.1) is 0 Å². The molecule has 2 aromatic carbocycles. The molecule has 0 saturated heterocycles. The zero-order valence-electron chi connectivity index (χ0n) is 16.3. The molecule has 29 heavy (non-hydrogen) atoms. The van der Waals surface area contributed by atoms with Crippen molar-refractivity contribution in [1.29, 1.82) is 0 Å². The number of hydrogen-bond acceptors (Lipinski definition) is 6. The molecule has 1 N–H and O–H groups in total. The van der Waals surface area contributed by atoms with Crippen molar-refractivity contribution >= 4 is 33.7 Å². The Morgan fingerprint density at radius 1 is 1.34 bits per heavy atom. The Bertz CT molecular complexity index is 915. The van der Waals surface area contributed by atoms with Crippen LogP contribution in [-0.2, 0) is 11.2 Å². The number of ether oxygens (including phenoxy) is 2. The standard InChI is InChI=1S/C20H22BrN3O5/c1-4-28-18-10-14(9-16(21)20(18)29-13(2)3)12-22-23-19(25)11-15-7-5-6-8-17(15)24(26)27/h5-10,12-13H,4,11H2,1-3H3,(H,23,25). The normalized spacial score (nSPS) is 10.9. The molecular formula is C20H22BrN3O5. The fraction of sp³-hybridized carbons (Fsp3) is 0.300. The van der Waals surface area contributed by atoms with E-state index in [1.807, 2.05) is 20.8 Å². The summed E-state index contributed by atoms with van der Waals surface area (Å²) in [4.78, 5) is 22.6. The molecule has 0 heterocycles. The fourth-order valence-electron chi connectivity index (χ4n) is 2.51. The molecule has 2 aromatic rings. The molecule has 8 nitrogen and oxygen atoms in total. The van der Waals surface area contributed by atoms with Crippen molar-refractivity contribution in [3.05, 3.63) is 62.1 Å². The van der Waals surface area contributed by atoms with Gasteiger partial charge in [-0.2, -0.15) is 5.10 Å². The largest absolute Gasteiger partial charge is 0.490 e. The minimum Gasteiger partial charge on any atom is -0.490 e. The predicted molar refractivity (Wildman–Crippen MR) is 114 cm³/mol. The van der Waals surface area contributed by atoms with Crippen molar-refractivity contribution in [2.45, 2.75) is 33.3 Å². The maximum Gasteiger partial charge on any atom is 0.273 e. The highest BCUT2D eigenvalue weighted by Gasteiger charge is 2.15. The van der Waals surface area contributed by atoms with E-state index in [1.54, 1.807) is 30.3 Å². The van der Waals surface area contributed by atoms with E-state index in [0.29, 0.717) is 33.7 Å². The summed E-state index contributed by atoms with van der Waals surface area (Å²) >= 11 is 3.47. The van der Waals surface area contributed by atoms with Crippen LogP contribution in [0.3, 0.4) is 0 Å². The number of hydrogen-bond donors (Lipinski definition) is 1. The zero-order valence-corrected chi connectivity index (χ0v) is 17.9. The number of hydrazone groups is 1. The van der Waals surface area contributed by atoms with Gasteiger partial charge in [-0.25, -0.2) is 5.43 Å². The summed E-state index contributed by atoms with van der Waals surface area (Å²) in [7, 11) is 0. The van der Waals surface area contributed by atoms with E-state index in [4.69, 9.17) is 9.47 Å². The molecule has 0 fully saturated rings. The van der Waals surface area contributed by atoms with Crippen LogP contribution in [-0.4, -0.2) is 29.8 Å². The van der Waals surface area contributed by atoms with E-state index >= 15 is 0 Å². The number of nitrogens with zero attached hydrogens (tertiary/aromatic N) is 2. The van der Waals surface area contributed by atoms with Gasteiger partial charge in [0.05, 0.1) is 34.7 Å². The quantitative estimate of drug-likeness (QED) is 0.340. The van der Waals surface area contributed by atoms with Crippen LogP contribution in [0.2, 0.25) is 0 Å². The number of nitro benzene ring substituents is 1. The first-order valence-electron chi connectivity index (χ1n) is 8.99. The highest BCUT2D eigenvalue weighted by molar-refractivity contribution is 9.10. The van der Waals surface area contributed by atoms with Crippen molar-refractivity contribution in [1.82, 2.24) is 5.43 Å². The number of para-hydroxylation sites is 1. The number of nitro groups is 1. The lowest BCUT2D eigenvalue weighted by molar-refractivity contribution is -0.385. The summed E-state index contributed by atoms with van der Waals surface area (Å²) in [6.45, 7) is 6.18. The Hall–Kier alpha value is -2.94. The summed E-state index contributed by atoms with van der Waals surface area (Å²) in [5.41, 5.74) is 3.29. The van der Waals surface area contributed by atoms with Gasteiger partial charge in [-0.3, -0.25) is 14.9 Å². The molecule has 0 aliphatic rings. The molecule has 0 aliphatic carbocycles. The topological polar surface area (TPSA) is 103 Å². The lowest BCUT2D eigenvalue weighted by Crippen LogP contribution is -2.20. The summed E-state index contributed by atoms with van der Waals surface area (Å²) in [5, 5.41) is 15.0. The third-order valence-electron chi connectivity index (χ3n) is 3.63. The SMILES string of the molecule is CCOc1cc(C=NNC(=O)Cc2ccccc2[N+](=O)[O-])cc(Br)c1OC(C)C. The lowest BCUT2D eigenvalue weighted by Gasteiger charge is -2.16. The number of carbonyl (C=O) groups is 1. The van der Waals surface area contributed by atoms with Crippen molar-refractivity contribution in [2.24, 2.45) is 5.10 Å². The number of rotatable bonds is 9. The number of nitrogens with one attached hydrogen (secondary N) is 1. The van der Waals surface area contributed by atoms with Crippen LogP contribution in [0.4, 0.5) is 5.69 Å². The molecule has 0 aromatic heterocycles. The van der Waals surface area contributed by atoms with Gasteiger partial charge < -0.3 is 9.47 Å². The summed E-state index contributed by atoms with van der Waals surface area (Å²) in [6, 6.07) is 9.64. The summed E-state index contributed by atoms with van der Waals surface area (Å²) in [5.74, 6) is 0.696. The smallest absolute Gasteiger partial charge is 0.273 e. The van der Waals surface area contributed by atoms with Crippen LogP contribution in [0.15, 0.2) is 46.0 Å². The minimum atomic E-state index is -0.514. The molecule has 154 valence electrons. The van der Waals surface area contributed by atoms with Gasteiger partial charge in [0.25, 0.3) is 5.69 Å². The molecule has 0 atom stereocenters. The van der Waals surface area contributed by atoms with Gasteiger partial charge in [-0.1, -0.05) is 18.2 Å². The number of carbonyl (C=O) groups excluding carboxylic acids is 1. The van der Waals surface area contributed by atoms with Crippen LogP contribution in [0.5, 0.6) is 11.5 Å². The Kier molecular flexibility index (Phi) is 8.14. The van der Waals surface area contributed by atoms with E-state index in [-0.39, 0.29) is 18.2 Å². The third-order valence-corrected chi connectivity index (χ3v) is 4.22. The van der Waals surface area contributed by atoms with Crippen molar-refractivity contribution < 1.29 is 19.2 Å².